The second-order valence-electron chi connectivity index (χ2n) is 5.01. The maximum atomic E-state index is 12.2. The van der Waals surface area contributed by atoms with Gasteiger partial charge in [-0.2, -0.15) is 0 Å². The number of rotatable bonds is 3. The highest BCUT2D eigenvalue weighted by molar-refractivity contribution is 9.10. The Bertz CT molecular complexity index is 457. The van der Waals surface area contributed by atoms with Crippen LogP contribution < -0.4 is 5.32 Å². The molecule has 104 valence electrons. The molecule has 1 aromatic carbocycles. The zero-order valence-corrected chi connectivity index (χ0v) is 12.9. The Morgan fingerprint density at radius 1 is 1.42 bits per heavy atom. The van der Waals surface area contributed by atoms with E-state index in [0.29, 0.717) is 0 Å². The van der Waals surface area contributed by atoms with Crippen LogP contribution in [-0.4, -0.2) is 43.7 Å². The third-order valence-electron chi connectivity index (χ3n) is 3.62. The van der Waals surface area contributed by atoms with Crippen LogP contribution in [0.5, 0.6) is 0 Å². The van der Waals surface area contributed by atoms with Crippen molar-refractivity contribution in [2.24, 2.45) is 0 Å². The van der Waals surface area contributed by atoms with E-state index in [0.717, 1.165) is 36.1 Å². The Morgan fingerprint density at radius 2 is 2.11 bits per heavy atom. The van der Waals surface area contributed by atoms with E-state index in [2.05, 4.69) is 33.2 Å². The van der Waals surface area contributed by atoms with Gasteiger partial charge in [-0.15, -0.1) is 0 Å². The van der Waals surface area contributed by atoms with Crippen molar-refractivity contribution in [1.29, 1.82) is 0 Å². The van der Waals surface area contributed by atoms with Crippen molar-refractivity contribution in [3.05, 3.63) is 28.7 Å². The number of piperidine rings is 1. The van der Waals surface area contributed by atoms with Crippen molar-refractivity contribution < 1.29 is 9.53 Å². The first-order valence-electron chi connectivity index (χ1n) is 6.36. The molecule has 0 atom stereocenters. The maximum Gasteiger partial charge on any atom is 0.331 e. The lowest BCUT2D eigenvalue weighted by molar-refractivity contribution is -0.147. The first-order valence-corrected chi connectivity index (χ1v) is 7.16. The number of benzene rings is 1. The second-order valence-corrected chi connectivity index (χ2v) is 5.93. The van der Waals surface area contributed by atoms with Crippen LogP contribution in [0.4, 0.5) is 5.69 Å². The summed E-state index contributed by atoms with van der Waals surface area (Å²) in [5, 5.41) is 3.38. The summed E-state index contributed by atoms with van der Waals surface area (Å²) in [4.78, 5) is 14.4. The lowest BCUT2D eigenvalue weighted by Gasteiger charge is -2.39. The molecule has 1 N–H and O–H groups in total. The summed E-state index contributed by atoms with van der Waals surface area (Å²) in [6.45, 7) is 1.77. The minimum absolute atomic E-state index is 0.180. The van der Waals surface area contributed by atoms with Gasteiger partial charge in [-0.05, 0) is 38.1 Å². The zero-order valence-electron chi connectivity index (χ0n) is 11.3. The number of hydrogen-bond donors (Lipinski definition) is 1. The van der Waals surface area contributed by atoms with Gasteiger partial charge in [0.25, 0.3) is 0 Å². The quantitative estimate of drug-likeness (QED) is 0.866. The standard InChI is InChI=1S/C14H19BrN2O2/c1-17-8-6-14(7-9-17,13(18)19-2)16-12-5-3-4-11(15)10-12/h3-5,10,16H,6-9H2,1-2H3. The fraction of sp³-hybridized carbons (Fsp3) is 0.500. The highest BCUT2D eigenvalue weighted by Gasteiger charge is 2.41. The van der Waals surface area contributed by atoms with Crippen LogP contribution in [-0.2, 0) is 9.53 Å². The molecule has 1 aliphatic rings. The molecule has 1 fully saturated rings. The van der Waals surface area contributed by atoms with E-state index < -0.39 is 5.54 Å². The normalized spacial score (nSPS) is 18.9. The zero-order chi connectivity index (χ0) is 13.9. The van der Waals surface area contributed by atoms with E-state index >= 15 is 0 Å². The molecule has 0 aliphatic carbocycles. The summed E-state index contributed by atoms with van der Waals surface area (Å²) in [6, 6.07) is 7.85. The molecule has 0 spiro atoms. The van der Waals surface area contributed by atoms with Crippen LogP contribution in [0.3, 0.4) is 0 Å². The molecule has 1 aliphatic heterocycles. The van der Waals surface area contributed by atoms with Gasteiger partial charge in [-0.25, -0.2) is 4.79 Å². The molecule has 0 amide bonds. The van der Waals surface area contributed by atoms with Crippen LogP contribution in [0.2, 0.25) is 0 Å². The largest absolute Gasteiger partial charge is 0.467 e. The molecule has 4 nitrogen and oxygen atoms in total. The Kier molecular flexibility index (Phi) is 4.47. The van der Waals surface area contributed by atoms with Crippen LogP contribution in [0.1, 0.15) is 12.8 Å². The summed E-state index contributed by atoms with van der Waals surface area (Å²) in [7, 11) is 3.52. The third-order valence-corrected chi connectivity index (χ3v) is 4.12. The monoisotopic (exact) mass is 326 g/mol. The highest BCUT2D eigenvalue weighted by atomic mass is 79.9. The maximum absolute atomic E-state index is 12.2. The molecule has 1 heterocycles. The fourth-order valence-electron chi connectivity index (χ4n) is 2.42. The van der Waals surface area contributed by atoms with Crippen molar-refractivity contribution >= 4 is 27.6 Å². The Labute approximate surface area is 122 Å². The van der Waals surface area contributed by atoms with E-state index in [4.69, 9.17) is 4.74 Å². The summed E-state index contributed by atoms with van der Waals surface area (Å²) < 4.78 is 5.99. The topological polar surface area (TPSA) is 41.6 Å². The predicted octanol–water partition coefficient (Wildman–Crippen LogP) is 2.50. The number of nitrogens with zero attached hydrogens (tertiary/aromatic N) is 1. The number of likely N-dealkylation sites (tertiary alicyclic amines) is 1. The summed E-state index contributed by atoms with van der Waals surface area (Å²) >= 11 is 3.44. The average molecular weight is 327 g/mol. The number of carbonyl (C=O) groups is 1. The first-order chi connectivity index (χ1) is 9.05. The number of methoxy groups -OCH3 is 1. The van der Waals surface area contributed by atoms with Crippen molar-refractivity contribution in [1.82, 2.24) is 4.90 Å². The van der Waals surface area contributed by atoms with Crippen molar-refractivity contribution in [2.75, 3.05) is 32.6 Å². The summed E-state index contributed by atoms with van der Waals surface area (Å²) in [5.74, 6) is -0.180. The van der Waals surface area contributed by atoms with Gasteiger partial charge in [0.2, 0.25) is 0 Å². The van der Waals surface area contributed by atoms with Gasteiger partial charge in [0.05, 0.1) is 7.11 Å². The van der Waals surface area contributed by atoms with Gasteiger partial charge < -0.3 is 15.0 Å². The van der Waals surface area contributed by atoms with Gasteiger partial charge in [-0.1, -0.05) is 22.0 Å². The minimum Gasteiger partial charge on any atom is -0.467 e. The highest BCUT2D eigenvalue weighted by Crippen LogP contribution is 2.29. The summed E-state index contributed by atoms with van der Waals surface area (Å²) in [5.41, 5.74) is 0.325. The van der Waals surface area contributed by atoms with E-state index in [1.165, 1.54) is 7.11 Å². The second kappa shape index (κ2) is 5.92. The minimum atomic E-state index is -0.609. The number of carbonyl (C=O) groups excluding carboxylic acids is 1. The Hall–Kier alpha value is -1.07. The lowest BCUT2D eigenvalue weighted by atomic mass is 9.87. The van der Waals surface area contributed by atoms with Crippen molar-refractivity contribution in [3.63, 3.8) is 0 Å². The number of anilines is 1. The molecule has 1 saturated heterocycles. The molecular formula is C14H19BrN2O2. The number of esters is 1. The SMILES string of the molecule is COC(=O)C1(Nc2cccc(Br)c2)CCN(C)CC1. The fourth-order valence-corrected chi connectivity index (χ4v) is 2.82. The lowest BCUT2D eigenvalue weighted by Crippen LogP contribution is -2.54. The molecule has 0 bridgehead atoms. The number of ether oxygens (including phenoxy) is 1. The van der Waals surface area contributed by atoms with E-state index in [9.17, 15) is 4.79 Å². The van der Waals surface area contributed by atoms with Gasteiger partial charge in [-0.3, -0.25) is 0 Å². The van der Waals surface area contributed by atoms with Crippen LogP contribution in [0, 0.1) is 0 Å². The summed E-state index contributed by atoms with van der Waals surface area (Å²) in [6.07, 6.45) is 1.51. The number of halogens is 1. The van der Waals surface area contributed by atoms with Gasteiger partial charge in [0.15, 0.2) is 0 Å². The Balaban J connectivity index is 2.21. The molecule has 0 radical (unpaired) electrons. The van der Waals surface area contributed by atoms with E-state index in [-0.39, 0.29) is 5.97 Å². The van der Waals surface area contributed by atoms with Crippen LogP contribution in [0.25, 0.3) is 0 Å². The van der Waals surface area contributed by atoms with Gasteiger partial charge >= 0.3 is 5.97 Å². The number of hydrogen-bond acceptors (Lipinski definition) is 4. The molecule has 5 heteroatoms. The average Bonchev–Trinajstić information content (AvgIpc) is 2.41. The molecular weight excluding hydrogens is 308 g/mol. The molecule has 2 rings (SSSR count). The number of nitrogens with one attached hydrogen (secondary N) is 1. The van der Waals surface area contributed by atoms with Crippen molar-refractivity contribution in [3.8, 4) is 0 Å². The van der Waals surface area contributed by atoms with Crippen LogP contribution in [0.15, 0.2) is 28.7 Å². The van der Waals surface area contributed by atoms with Gasteiger partial charge in [0, 0.05) is 23.2 Å². The first kappa shape index (κ1) is 14.3. The Morgan fingerprint density at radius 3 is 2.68 bits per heavy atom. The van der Waals surface area contributed by atoms with Crippen LogP contribution >= 0.6 is 15.9 Å². The van der Waals surface area contributed by atoms with E-state index in [1.807, 2.05) is 24.3 Å². The predicted molar refractivity (Wildman–Crippen MR) is 79.2 cm³/mol. The molecule has 0 saturated carbocycles. The third kappa shape index (κ3) is 3.28. The van der Waals surface area contributed by atoms with Gasteiger partial charge in [0.1, 0.15) is 5.54 Å². The molecule has 0 aromatic heterocycles. The smallest absolute Gasteiger partial charge is 0.331 e. The van der Waals surface area contributed by atoms with E-state index in [1.54, 1.807) is 0 Å². The van der Waals surface area contributed by atoms with Crippen molar-refractivity contribution in [2.45, 2.75) is 18.4 Å². The molecule has 19 heavy (non-hydrogen) atoms. The molecule has 0 unspecified atom stereocenters. The molecule has 1 aromatic rings.